The SMILES string of the molecule is CC(OC1CCCCCC1)C(=O)NC1CCC(N)CC1. The number of amides is 1. The predicted octanol–water partition coefficient (Wildman–Crippen LogP) is 2.50. The number of nitrogens with two attached hydrogens (primary N) is 1. The zero-order valence-corrected chi connectivity index (χ0v) is 12.8. The Labute approximate surface area is 122 Å². The minimum Gasteiger partial charge on any atom is -0.365 e. The van der Waals surface area contributed by atoms with Gasteiger partial charge < -0.3 is 15.8 Å². The molecule has 2 fully saturated rings. The third kappa shape index (κ3) is 5.06. The van der Waals surface area contributed by atoms with Crippen molar-refractivity contribution in [3.8, 4) is 0 Å². The molecule has 0 saturated heterocycles. The third-order valence-electron chi connectivity index (χ3n) is 4.69. The lowest BCUT2D eigenvalue weighted by Crippen LogP contribution is -2.45. The van der Waals surface area contributed by atoms with Gasteiger partial charge in [0.25, 0.3) is 0 Å². The van der Waals surface area contributed by atoms with Gasteiger partial charge in [0.2, 0.25) is 5.91 Å². The molecule has 4 heteroatoms. The fourth-order valence-corrected chi connectivity index (χ4v) is 3.31. The second kappa shape index (κ2) is 7.99. The van der Waals surface area contributed by atoms with Gasteiger partial charge in [-0.15, -0.1) is 0 Å². The molecule has 2 aliphatic carbocycles. The standard InChI is InChI=1S/C16H30N2O2/c1-12(20-15-6-4-2-3-5-7-15)16(19)18-14-10-8-13(17)9-11-14/h12-15H,2-11,17H2,1H3,(H,18,19). The summed E-state index contributed by atoms with van der Waals surface area (Å²) in [6, 6.07) is 0.616. The van der Waals surface area contributed by atoms with Crippen LogP contribution in [0, 0.1) is 0 Å². The molecule has 0 aromatic carbocycles. The average Bonchev–Trinajstić information content (AvgIpc) is 2.70. The number of carbonyl (C=O) groups is 1. The third-order valence-corrected chi connectivity index (χ3v) is 4.69. The Hall–Kier alpha value is -0.610. The molecular weight excluding hydrogens is 252 g/mol. The van der Waals surface area contributed by atoms with Gasteiger partial charge in [0, 0.05) is 12.1 Å². The maximum Gasteiger partial charge on any atom is 0.249 e. The maximum atomic E-state index is 12.2. The minimum absolute atomic E-state index is 0.0507. The number of rotatable bonds is 4. The first-order valence-corrected chi connectivity index (χ1v) is 8.36. The minimum atomic E-state index is -0.325. The Kier molecular flexibility index (Phi) is 6.30. The zero-order chi connectivity index (χ0) is 14.4. The van der Waals surface area contributed by atoms with Crippen molar-refractivity contribution in [1.82, 2.24) is 5.32 Å². The molecule has 0 heterocycles. The van der Waals surface area contributed by atoms with Crippen molar-refractivity contribution in [2.75, 3.05) is 0 Å². The van der Waals surface area contributed by atoms with E-state index in [1.807, 2.05) is 6.92 Å². The van der Waals surface area contributed by atoms with E-state index in [0.29, 0.717) is 12.1 Å². The van der Waals surface area contributed by atoms with Gasteiger partial charge in [0.15, 0.2) is 0 Å². The molecule has 0 radical (unpaired) electrons. The van der Waals surface area contributed by atoms with Gasteiger partial charge >= 0.3 is 0 Å². The van der Waals surface area contributed by atoms with Crippen molar-refractivity contribution in [2.45, 2.75) is 95.4 Å². The summed E-state index contributed by atoms with van der Waals surface area (Å²) in [5, 5.41) is 3.12. The molecule has 0 aromatic rings. The normalized spacial score (nSPS) is 30.5. The van der Waals surface area contributed by atoms with E-state index in [2.05, 4.69) is 5.32 Å². The first-order chi connectivity index (χ1) is 9.65. The quantitative estimate of drug-likeness (QED) is 0.779. The summed E-state index contributed by atoms with van der Waals surface area (Å²) in [5.41, 5.74) is 5.89. The number of carbonyl (C=O) groups excluding carboxylic acids is 1. The zero-order valence-electron chi connectivity index (χ0n) is 12.8. The lowest BCUT2D eigenvalue weighted by molar-refractivity contribution is -0.136. The van der Waals surface area contributed by atoms with Gasteiger partial charge in [0.05, 0.1) is 6.10 Å². The molecule has 4 nitrogen and oxygen atoms in total. The summed E-state index contributed by atoms with van der Waals surface area (Å²) in [6.45, 7) is 1.88. The number of hydrogen-bond acceptors (Lipinski definition) is 3. The Morgan fingerprint density at radius 3 is 2.25 bits per heavy atom. The lowest BCUT2D eigenvalue weighted by Gasteiger charge is -2.28. The molecular formula is C16H30N2O2. The summed E-state index contributed by atoms with van der Waals surface area (Å²) in [6.07, 6.45) is 11.3. The van der Waals surface area contributed by atoms with Crippen LogP contribution in [-0.2, 0) is 9.53 Å². The van der Waals surface area contributed by atoms with E-state index in [4.69, 9.17) is 10.5 Å². The van der Waals surface area contributed by atoms with Crippen molar-refractivity contribution in [2.24, 2.45) is 5.73 Å². The van der Waals surface area contributed by atoms with E-state index in [-0.39, 0.29) is 18.1 Å². The molecule has 2 aliphatic rings. The Balaban J connectivity index is 1.71. The van der Waals surface area contributed by atoms with E-state index < -0.39 is 0 Å². The Morgan fingerprint density at radius 2 is 1.65 bits per heavy atom. The van der Waals surface area contributed by atoms with Crippen LogP contribution in [0.2, 0.25) is 0 Å². The second-order valence-electron chi connectivity index (χ2n) is 6.51. The highest BCUT2D eigenvalue weighted by Gasteiger charge is 2.24. The summed E-state index contributed by atoms with van der Waals surface area (Å²) in [7, 11) is 0. The van der Waals surface area contributed by atoms with Crippen LogP contribution in [-0.4, -0.2) is 30.2 Å². The first-order valence-electron chi connectivity index (χ1n) is 8.36. The Morgan fingerprint density at radius 1 is 1.05 bits per heavy atom. The van der Waals surface area contributed by atoms with E-state index in [1.54, 1.807) is 0 Å². The maximum absolute atomic E-state index is 12.2. The molecule has 0 spiro atoms. The van der Waals surface area contributed by atoms with Crippen molar-refractivity contribution >= 4 is 5.91 Å². The smallest absolute Gasteiger partial charge is 0.249 e. The summed E-state index contributed by atoms with van der Waals surface area (Å²) in [4.78, 5) is 12.2. The molecule has 1 unspecified atom stereocenters. The number of nitrogens with one attached hydrogen (secondary N) is 1. The second-order valence-corrected chi connectivity index (χ2v) is 6.51. The van der Waals surface area contributed by atoms with E-state index in [1.165, 1.54) is 25.7 Å². The molecule has 0 aromatic heterocycles. The molecule has 1 atom stereocenters. The molecule has 3 N–H and O–H groups in total. The average molecular weight is 282 g/mol. The van der Waals surface area contributed by atoms with Gasteiger partial charge in [-0.05, 0) is 45.4 Å². The molecule has 0 bridgehead atoms. The highest BCUT2D eigenvalue weighted by atomic mass is 16.5. The van der Waals surface area contributed by atoms with E-state index in [9.17, 15) is 4.79 Å². The van der Waals surface area contributed by atoms with Crippen LogP contribution in [0.5, 0.6) is 0 Å². The van der Waals surface area contributed by atoms with Gasteiger partial charge in [-0.1, -0.05) is 25.7 Å². The van der Waals surface area contributed by atoms with Crippen LogP contribution < -0.4 is 11.1 Å². The molecule has 116 valence electrons. The number of ether oxygens (including phenoxy) is 1. The van der Waals surface area contributed by atoms with Crippen LogP contribution in [0.25, 0.3) is 0 Å². The lowest BCUT2D eigenvalue weighted by atomic mass is 9.92. The fourth-order valence-electron chi connectivity index (χ4n) is 3.31. The van der Waals surface area contributed by atoms with Crippen molar-refractivity contribution < 1.29 is 9.53 Å². The fraction of sp³-hybridized carbons (Fsp3) is 0.938. The van der Waals surface area contributed by atoms with Crippen molar-refractivity contribution in [1.29, 1.82) is 0 Å². The van der Waals surface area contributed by atoms with E-state index >= 15 is 0 Å². The largest absolute Gasteiger partial charge is 0.365 e. The van der Waals surface area contributed by atoms with Crippen LogP contribution in [0.15, 0.2) is 0 Å². The van der Waals surface area contributed by atoms with Crippen molar-refractivity contribution in [3.05, 3.63) is 0 Å². The molecule has 2 rings (SSSR count). The van der Waals surface area contributed by atoms with E-state index in [0.717, 1.165) is 38.5 Å². The molecule has 20 heavy (non-hydrogen) atoms. The highest BCUT2D eigenvalue weighted by molar-refractivity contribution is 5.80. The Bertz CT molecular complexity index is 293. The van der Waals surface area contributed by atoms with Crippen LogP contribution in [0.3, 0.4) is 0 Å². The number of hydrogen-bond donors (Lipinski definition) is 2. The predicted molar refractivity (Wildman–Crippen MR) is 80.4 cm³/mol. The van der Waals surface area contributed by atoms with Gasteiger partial charge in [-0.25, -0.2) is 0 Å². The topological polar surface area (TPSA) is 64.3 Å². The van der Waals surface area contributed by atoms with Crippen LogP contribution in [0.1, 0.15) is 71.1 Å². The summed E-state index contributed by atoms with van der Waals surface area (Å²) in [5.74, 6) is 0.0507. The van der Waals surface area contributed by atoms with Gasteiger partial charge in [-0.3, -0.25) is 4.79 Å². The highest BCUT2D eigenvalue weighted by Crippen LogP contribution is 2.21. The summed E-state index contributed by atoms with van der Waals surface area (Å²) >= 11 is 0. The molecule has 0 aliphatic heterocycles. The van der Waals surface area contributed by atoms with Gasteiger partial charge in [0.1, 0.15) is 6.10 Å². The van der Waals surface area contributed by atoms with Gasteiger partial charge in [-0.2, -0.15) is 0 Å². The van der Waals surface area contributed by atoms with Crippen LogP contribution >= 0.6 is 0 Å². The molecule has 1 amide bonds. The van der Waals surface area contributed by atoms with Crippen LogP contribution in [0.4, 0.5) is 0 Å². The summed E-state index contributed by atoms with van der Waals surface area (Å²) < 4.78 is 5.96. The monoisotopic (exact) mass is 282 g/mol. The van der Waals surface area contributed by atoms with Crippen molar-refractivity contribution in [3.63, 3.8) is 0 Å². The molecule has 2 saturated carbocycles. The first kappa shape index (κ1) is 15.8.